The zero-order valence-electron chi connectivity index (χ0n) is 22.3. The van der Waals surface area contributed by atoms with Crippen LogP contribution in [0.1, 0.15) is 53.4 Å². The largest absolute Gasteiger partial charge is 0.352 e. The van der Waals surface area contributed by atoms with Crippen LogP contribution in [0.3, 0.4) is 0 Å². The molecule has 1 atom stereocenters. The second-order valence-corrected chi connectivity index (χ2v) is 11.4. The number of aromatic nitrogens is 3. The van der Waals surface area contributed by atoms with E-state index in [1.54, 1.807) is 36.9 Å². The minimum atomic E-state index is -0.241. The molecular weight excluding hydrogens is 557 g/mol. The van der Waals surface area contributed by atoms with Gasteiger partial charge in [0, 0.05) is 63.1 Å². The molecule has 4 rings (SSSR count). The summed E-state index contributed by atoms with van der Waals surface area (Å²) >= 11 is 13.7. The lowest BCUT2D eigenvalue weighted by molar-refractivity contribution is 0.0905. The van der Waals surface area contributed by atoms with E-state index in [9.17, 15) is 9.59 Å². The van der Waals surface area contributed by atoms with Gasteiger partial charge in [-0.25, -0.2) is 14.8 Å². The summed E-state index contributed by atoms with van der Waals surface area (Å²) in [6, 6.07) is 4.15. The van der Waals surface area contributed by atoms with E-state index in [0.717, 1.165) is 43.6 Å². The maximum absolute atomic E-state index is 13.2. The molecule has 3 N–H and O–H groups in total. The van der Waals surface area contributed by atoms with Crippen molar-refractivity contribution >= 4 is 46.5 Å². The van der Waals surface area contributed by atoms with E-state index < -0.39 is 0 Å². The van der Waals surface area contributed by atoms with E-state index in [4.69, 9.17) is 23.2 Å². The summed E-state index contributed by atoms with van der Waals surface area (Å²) in [6.45, 7) is 7.46. The average molecular weight is 593 g/mol. The first kappa shape index (κ1) is 29.3. The summed E-state index contributed by atoms with van der Waals surface area (Å²) in [6.07, 6.45) is 6.75. The Morgan fingerprint density at radius 3 is 2.72 bits per heavy atom. The zero-order chi connectivity index (χ0) is 27.8. The number of likely N-dealkylation sites (tertiary alicyclic amines) is 1. The van der Waals surface area contributed by atoms with Crippen molar-refractivity contribution in [3.8, 4) is 0 Å². The number of imidazole rings is 1. The summed E-state index contributed by atoms with van der Waals surface area (Å²) < 4.78 is 0. The first-order chi connectivity index (χ1) is 18.8. The van der Waals surface area contributed by atoms with Crippen LogP contribution in [0.15, 0.2) is 35.4 Å². The highest BCUT2D eigenvalue weighted by molar-refractivity contribution is 7.07. The molecule has 1 fully saturated rings. The van der Waals surface area contributed by atoms with Crippen molar-refractivity contribution < 1.29 is 9.59 Å². The third-order valence-corrected chi connectivity index (χ3v) is 8.40. The molecule has 3 aromatic heterocycles. The van der Waals surface area contributed by atoms with Crippen LogP contribution in [-0.4, -0.2) is 75.0 Å². The number of pyridine rings is 1. The Labute approximate surface area is 243 Å². The smallest absolute Gasteiger partial charge is 0.317 e. The van der Waals surface area contributed by atoms with Gasteiger partial charge in [0.15, 0.2) is 0 Å². The van der Waals surface area contributed by atoms with Gasteiger partial charge >= 0.3 is 6.03 Å². The fraction of sp³-hybridized carbons (Fsp3) is 0.481. The van der Waals surface area contributed by atoms with E-state index in [0.29, 0.717) is 43.2 Å². The van der Waals surface area contributed by atoms with Gasteiger partial charge in [-0.2, -0.15) is 11.3 Å². The Balaban J connectivity index is 1.25. The molecule has 0 aliphatic carbocycles. The minimum Gasteiger partial charge on any atom is -0.352 e. The molecule has 39 heavy (non-hydrogen) atoms. The Kier molecular flexibility index (Phi) is 10.6. The molecule has 9 nitrogen and oxygen atoms in total. The molecule has 3 aromatic rings. The minimum absolute atomic E-state index is 0.0273. The molecular formula is C27H35Cl2N7O2S. The number of nitrogens with zero attached hydrogens (tertiary/aromatic N) is 4. The number of carbonyl (C=O) groups excluding carboxylic acids is 2. The van der Waals surface area contributed by atoms with Crippen LogP contribution in [0.25, 0.3) is 0 Å². The fourth-order valence-corrected chi connectivity index (χ4v) is 6.22. The number of hydrogen-bond donors (Lipinski definition) is 3. The molecule has 1 unspecified atom stereocenters. The lowest BCUT2D eigenvalue weighted by atomic mass is 10.0. The number of aromatic amines is 1. The highest BCUT2D eigenvalue weighted by Crippen LogP contribution is 2.23. The maximum Gasteiger partial charge on any atom is 0.317 e. The number of rotatable bonds is 11. The van der Waals surface area contributed by atoms with Crippen molar-refractivity contribution in [1.29, 1.82) is 0 Å². The van der Waals surface area contributed by atoms with Crippen LogP contribution >= 0.6 is 34.5 Å². The van der Waals surface area contributed by atoms with E-state index in [-0.39, 0.29) is 28.3 Å². The highest BCUT2D eigenvalue weighted by Gasteiger charge is 2.30. The first-order valence-corrected chi connectivity index (χ1v) is 14.9. The van der Waals surface area contributed by atoms with Gasteiger partial charge in [-0.1, -0.05) is 23.2 Å². The van der Waals surface area contributed by atoms with Gasteiger partial charge in [0.2, 0.25) is 0 Å². The number of piperidine rings is 1. The monoisotopic (exact) mass is 591 g/mol. The van der Waals surface area contributed by atoms with Crippen molar-refractivity contribution in [3.63, 3.8) is 0 Å². The summed E-state index contributed by atoms with van der Waals surface area (Å²) in [5.74, 6) is -0.241. The lowest BCUT2D eigenvalue weighted by Gasteiger charge is -2.40. The van der Waals surface area contributed by atoms with E-state index >= 15 is 0 Å². The third kappa shape index (κ3) is 8.17. The number of hydrogen-bond acceptors (Lipinski definition) is 6. The van der Waals surface area contributed by atoms with Crippen LogP contribution in [-0.2, 0) is 13.0 Å². The zero-order valence-corrected chi connectivity index (χ0v) is 24.6. The number of halogens is 2. The molecule has 3 amide bonds. The number of thiophene rings is 1. The van der Waals surface area contributed by atoms with E-state index in [2.05, 4.69) is 48.9 Å². The van der Waals surface area contributed by atoms with Crippen molar-refractivity contribution in [2.75, 3.05) is 26.2 Å². The number of amides is 3. The maximum atomic E-state index is 13.2. The van der Waals surface area contributed by atoms with Crippen LogP contribution in [0.4, 0.5) is 4.79 Å². The van der Waals surface area contributed by atoms with Gasteiger partial charge in [0.25, 0.3) is 5.91 Å². The topological polar surface area (TPSA) is 106 Å². The van der Waals surface area contributed by atoms with Crippen LogP contribution in [0, 0.1) is 6.92 Å². The standard InChI is InChI=1S/C27H35Cl2N7O2S/c1-18-13-23(28)34-25(29)24(18)26(37)31-8-3-19(2)35-10-5-22(6-11-35)36(15-20-7-12-39-16-20)27(38)32-9-4-21-14-30-17-33-21/h7,12-14,16-17,19,22H,3-6,8-11,15H2,1-2H3,(H,30,33)(H,31,37)(H,32,38). The number of urea groups is 1. The van der Waals surface area contributed by atoms with Gasteiger partial charge < -0.3 is 25.4 Å². The van der Waals surface area contributed by atoms with Crippen LogP contribution < -0.4 is 10.6 Å². The molecule has 12 heteroatoms. The molecule has 1 saturated heterocycles. The molecule has 0 aromatic carbocycles. The summed E-state index contributed by atoms with van der Waals surface area (Å²) in [4.78, 5) is 41.4. The second kappa shape index (κ2) is 14.1. The van der Waals surface area contributed by atoms with Crippen molar-refractivity contribution in [3.05, 3.63) is 68.1 Å². The summed E-state index contributed by atoms with van der Waals surface area (Å²) in [5, 5.41) is 10.6. The SMILES string of the molecule is Cc1cc(Cl)nc(Cl)c1C(=O)NCCC(C)N1CCC(N(Cc2ccsc2)C(=O)NCCc2cnc[nH]2)CC1. The molecule has 210 valence electrons. The summed E-state index contributed by atoms with van der Waals surface area (Å²) in [7, 11) is 0. The molecule has 0 saturated carbocycles. The second-order valence-electron chi connectivity index (χ2n) is 9.91. The molecule has 1 aliphatic heterocycles. The Morgan fingerprint density at radius 2 is 2.05 bits per heavy atom. The van der Waals surface area contributed by atoms with Gasteiger partial charge in [-0.15, -0.1) is 0 Å². The predicted octanol–water partition coefficient (Wildman–Crippen LogP) is 4.91. The van der Waals surface area contributed by atoms with Gasteiger partial charge in [0.1, 0.15) is 10.3 Å². The van der Waals surface area contributed by atoms with Gasteiger partial charge in [0.05, 0.1) is 11.9 Å². The average Bonchev–Trinajstić information content (AvgIpc) is 3.61. The van der Waals surface area contributed by atoms with Crippen LogP contribution in [0.2, 0.25) is 10.3 Å². The van der Waals surface area contributed by atoms with Crippen molar-refractivity contribution in [1.82, 2.24) is 35.4 Å². The normalized spacial score (nSPS) is 15.2. The van der Waals surface area contributed by atoms with Crippen LogP contribution in [0.5, 0.6) is 0 Å². The van der Waals surface area contributed by atoms with E-state index in [1.807, 2.05) is 10.3 Å². The Hall–Kier alpha value is -2.66. The molecule has 0 radical (unpaired) electrons. The number of aryl methyl sites for hydroxylation is 1. The van der Waals surface area contributed by atoms with Gasteiger partial charge in [-0.05, 0) is 67.1 Å². The fourth-order valence-electron chi connectivity index (χ4n) is 4.95. The third-order valence-electron chi connectivity index (χ3n) is 7.20. The molecule has 1 aliphatic rings. The molecule has 0 bridgehead atoms. The Morgan fingerprint density at radius 1 is 1.26 bits per heavy atom. The van der Waals surface area contributed by atoms with Gasteiger partial charge in [-0.3, -0.25) is 4.79 Å². The van der Waals surface area contributed by atoms with E-state index in [1.165, 1.54) is 0 Å². The number of H-pyrrole nitrogens is 1. The predicted molar refractivity (Wildman–Crippen MR) is 156 cm³/mol. The van der Waals surface area contributed by atoms with Crippen molar-refractivity contribution in [2.24, 2.45) is 0 Å². The summed E-state index contributed by atoms with van der Waals surface area (Å²) in [5.41, 5.74) is 3.22. The lowest BCUT2D eigenvalue weighted by Crippen LogP contribution is -2.52. The number of nitrogens with one attached hydrogen (secondary N) is 3. The van der Waals surface area contributed by atoms with Crippen molar-refractivity contribution in [2.45, 2.75) is 58.2 Å². The molecule has 4 heterocycles. The Bertz CT molecular complexity index is 1190. The first-order valence-electron chi connectivity index (χ1n) is 13.2. The quantitative estimate of drug-likeness (QED) is 0.275. The highest BCUT2D eigenvalue weighted by atomic mass is 35.5. The number of carbonyl (C=O) groups is 2. The molecule has 0 spiro atoms.